The molecule has 0 radical (unpaired) electrons. The quantitative estimate of drug-likeness (QED) is 0.767. The van der Waals surface area contributed by atoms with E-state index < -0.39 is 0 Å². The number of aryl methyl sites for hydroxylation is 1. The van der Waals surface area contributed by atoms with Crippen molar-refractivity contribution in [2.24, 2.45) is 0 Å². The zero-order valence-corrected chi connectivity index (χ0v) is 12.0. The van der Waals surface area contributed by atoms with Crippen molar-refractivity contribution in [1.29, 1.82) is 0 Å². The molecule has 1 saturated carbocycles. The summed E-state index contributed by atoms with van der Waals surface area (Å²) in [5, 5.41) is 0.568. The fourth-order valence-corrected chi connectivity index (χ4v) is 2.54. The van der Waals surface area contributed by atoms with E-state index in [-0.39, 0.29) is 0 Å². The van der Waals surface area contributed by atoms with Gasteiger partial charge in [-0.3, -0.25) is 0 Å². The van der Waals surface area contributed by atoms with Gasteiger partial charge in [0.1, 0.15) is 5.15 Å². The molecule has 1 aromatic heterocycles. The number of halogens is 1. The fraction of sp³-hybridized carbons (Fsp3) is 0.375. The molecule has 2 nitrogen and oxygen atoms in total. The third-order valence-electron chi connectivity index (χ3n) is 3.72. The third kappa shape index (κ3) is 2.50. The average Bonchev–Trinajstić information content (AvgIpc) is 3.26. The van der Waals surface area contributed by atoms with Crippen LogP contribution >= 0.6 is 11.6 Å². The highest BCUT2D eigenvalue weighted by molar-refractivity contribution is 6.30. The lowest BCUT2D eigenvalue weighted by molar-refractivity contribution is 0.976. The molecule has 0 saturated heterocycles. The standard InChI is InChI=1S/C16H17ClN2/c1-3-14-10(2)15(17)19-16(18-14)13-6-4-5-12(9-13)11-7-8-11/h4-6,9,11H,3,7-8H2,1-2H3. The lowest BCUT2D eigenvalue weighted by Gasteiger charge is -2.08. The van der Waals surface area contributed by atoms with Crippen LogP contribution in [0.3, 0.4) is 0 Å². The molecule has 0 amide bonds. The highest BCUT2D eigenvalue weighted by atomic mass is 35.5. The van der Waals surface area contributed by atoms with Gasteiger partial charge >= 0.3 is 0 Å². The lowest BCUT2D eigenvalue weighted by atomic mass is 10.1. The molecule has 98 valence electrons. The first-order valence-corrected chi connectivity index (χ1v) is 7.20. The zero-order valence-electron chi connectivity index (χ0n) is 11.3. The Morgan fingerprint density at radius 2 is 2.05 bits per heavy atom. The van der Waals surface area contributed by atoms with E-state index in [9.17, 15) is 0 Å². The van der Waals surface area contributed by atoms with Crippen molar-refractivity contribution in [2.45, 2.75) is 39.0 Å². The second-order valence-corrected chi connectivity index (χ2v) is 5.52. The van der Waals surface area contributed by atoms with Gasteiger partial charge in [0, 0.05) is 16.8 Å². The molecule has 19 heavy (non-hydrogen) atoms. The molecular weight excluding hydrogens is 256 g/mol. The van der Waals surface area contributed by atoms with Crippen LogP contribution in [-0.4, -0.2) is 9.97 Å². The van der Waals surface area contributed by atoms with E-state index in [1.54, 1.807) is 0 Å². The molecular formula is C16H17ClN2. The van der Waals surface area contributed by atoms with E-state index in [0.29, 0.717) is 5.15 Å². The second-order valence-electron chi connectivity index (χ2n) is 5.16. The highest BCUT2D eigenvalue weighted by Crippen LogP contribution is 2.40. The van der Waals surface area contributed by atoms with E-state index in [1.165, 1.54) is 18.4 Å². The Morgan fingerprint density at radius 1 is 1.26 bits per heavy atom. The normalized spacial score (nSPS) is 14.7. The molecule has 1 aromatic carbocycles. The molecule has 3 heteroatoms. The van der Waals surface area contributed by atoms with Crippen molar-refractivity contribution >= 4 is 11.6 Å². The Labute approximate surface area is 118 Å². The highest BCUT2D eigenvalue weighted by Gasteiger charge is 2.23. The summed E-state index contributed by atoms with van der Waals surface area (Å²) in [6.45, 7) is 4.07. The molecule has 0 unspecified atom stereocenters. The Kier molecular flexibility index (Phi) is 3.28. The van der Waals surface area contributed by atoms with E-state index in [1.807, 2.05) is 6.92 Å². The molecule has 0 N–H and O–H groups in total. The predicted octanol–water partition coefficient (Wildman–Crippen LogP) is 4.55. The molecule has 0 atom stereocenters. The average molecular weight is 273 g/mol. The van der Waals surface area contributed by atoms with Crippen LogP contribution in [-0.2, 0) is 6.42 Å². The monoisotopic (exact) mass is 272 g/mol. The minimum absolute atomic E-state index is 0.568. The second kappa shape index (κ2) is 4.93. The summed E-state index contributed by atoms with van der Waals surface area (Å²) in [5.74, 6) is 1.49. The SMILES string of the molecule is CCc1nc(-c2cccc(C3CC3)c2)nc(Cl)c1C. The number of hydrogen-bond donors (Lipinski definition) is 0. The van der Waals surface area contributed by atoms with Gasteiger partial charge in [0.25, 0.3) is 0 Å². The van der Waals surface area contributed by atoms with Gasteiger partial charge < -0.3 is 0 Å². The molecule has 1 aliphatic rings. The van der Waals surface area contributed by atoms with E-state index in [4.69, 9.17) is 11.6 Å². The van der Waals surface area contributed by atoms with Crippen molar-refractivity contribution in [2.75, 3.05) is 0 Å². The number of hydrogen-bond acceptors (Lipinski definition) is 2. The molecule has 0 bridgehead atoms. The summed E-state index contributed by atoms with van der Waals surface area (Å²) in [6.07, 6.45) is 3.49. The molecule has 3 rings (SSSR count). The lowest BCUT2D eigenvalue weighted by Crippen LogP contribution is -1.99. The van der Waals surface area contributed by atoms with E-state index >= 15 is 0 Å². The van der Waals surface area contributed by atoms with Crippen molar-refractivity contribution in [3.8, 4) is 11.4 Å². The van der Waals surface area contributed by atoms with Gasteiger partial charge in [-0.15, -0.1) is 0 Å². The van der Waals surface area contributed by atoms with Crippen LogP contribution < -0.4 is 0 Å². The molecule has 1 aliphatic carbocycles. The van der Waals surface area contributed by atoms with Crippen LogP contribution in [0.15, 0.2) is 24.3 Å². The summed E-state index contributed by atoms with van der Waals surface area (Å²) in [6, 6.07) is 8.55. The van der Waals surface area contributed by atoms with Gasteiger partial charge in [-0.1, -0.05) is 36.7 Å². The molecule has 0 aliphatic heterocycles. The summed E-state index contributed by atoms with van der Waals surface area (Å²) in [7, 11) is 0. The number of nitrogens with zero attached hydrogens (tertiary/aromatic N) is 2. The zero-order chi connectivity index (χ0) is 13.4. The number of benzene rings is 1. The Bertz CT molecular complexity index is 618. The van der Waals surface area contributed by atoms with Crippen LogP contribution in [0.1, 0.15) is 42.5 Å². The summed E-state index contributed by atoms with van der Waals surface area (Å²) < 4.78 is 0. The maximum absolute atomic E-state index is 6.21. The largest absolute Gasteiger partial charge is 0.233 e. The third-order valence-corrected chi connectivity index (χ3v) is 4.08. The minimum atomic E-state index is 0.568. The van der Waals surface area contributed by atoms with Crippen molar-refractivity contribution < 1.29 is 0 Å². The summed E-state index contributed by atoms with van der Waals surface area (Å²) >= 11 is 6.21. The Morgan fingerprint density at radius 3 is 2.74 bits per heavy atom. The van der Waals surface area contributed by atoms with Crippen LogP contribution in [0.5, 0.6) is 0 Å². The van der Waals surface area contributed by atoms with E-state index in [0.717, 1.165) is 35.0 Å². The summed E-state index contributed by atoms with van der Waals surface area (Å²) in [4.78, 5) is 9.07. The number of rotatable bonds is 3. The first kappa shape index (κ1) is 12.6. The van der Waals surface area contributed by atoms with Gasteiger partial charge in [-0.05, 0) is 43.7 Å². The topological polar surface area (TPSA) is 25.8 Å². The van der Waals surface area contributed by atoms with Crippen molar-refractivity contribution in [1.82, 2.24) is 9.97 Å². The van der Waals surface area contributed by atoms with E-state index in [2.05, 4.69) is 41.2 Å². The Hall–Kier alpha value is -1.41. The predicted molar refractivity (Wildman–Crippen MR) is 78.6 cm³/mol. The van der Waals surface area contributed by atoms with Gasteiger partial charge in [0.15, 0.2) is 5.82 Å². The van der Waals surface area contributed by atoms with Crippen LogP contribution in [0, 0.1) is 6.92 Å². The number of aromatic nitrogens is 2. The molecule has 2 aromatic rings. The van der Waals surface area contributed by atoms with Gasteiger partial charge in [-0.2, -0.15) is 0 Å². The first-order chi connectivity index (χ1) is 9.19. The van der Waals surface area contributed by atoms with Crippen LogP contribution in [0.4, 0.5) is 0 Å². The van der Waals surface area contributed by atoms with Crippen molar-refractivity contribution in [3.63, 3.8) is 0 Å². The smallest absolute Gasteiger partial charge is 0.161 e. The fourth-order valence-electron chi connectivity index (χ4n) is 2.35. The maximum Gasteiger partial charge on any atom is 0.161 e. The van der Waals surface area contributed by atoms with Crippen LogP contribution in [0.2, 0.25) is 5.15 Å². The molecule has 0 spiro atoms. The summed E-state index contributed by atoms with van der Waals surface area (Å²) in [5.41, 5.74) is 4.50. The first-order valence-electron chi connectivity index (χ1n) is 6.82. The molecule has 1 heterocycles. The molecule has 1 fully saturated rings. The van der Waals surface area contributed by atoms with Gasteiger partial charge in [0.2, 0.25) is 0 Å². The van der Waals surface area contributed by atoms with Gasteiger partial charge in [0.05, 0.1) is 0 Å². The Balaban J connectivity index is 2.05. The van der Waals surface area contributed by atoms with Crippen LogP contribution in [0.25, 0.3) is 11.4 Å². The van der Waals surface area contributed by atoms with Gasteiger partial charge in [-0.25, -0.2) is 9.97 Å². The minimum Gasteiger partial charge on any atom is -0.233 e. The maximum atomic E-state index is 6.21. The van der Waals surface area contributed by atoms with Crippen molar-refractivity contribution in [3.05, 3.63) is 46.2 Å².